The van der Waals surface area contributed by atoms with Crippen LogP contribution < -0.4 is 0 Å². The fourth-order valence-electron chi connectivity index (χ4n) is 9.61. The zero-order valence-corrected chi connectivity index (χ0v) is 46.8. The number of nitrogens with zero attached hydrogens (tertiary/aromatic N) is 2. The lowest BCUT2D eigenvalue weighted by Crippen LogP contribution is -2.35. The third-order valence-corrected chi connectivity index (χ3v) is 14.3. The zero-order valence-electron chi connectivity index (χ0n) is 46.8. The van der Waals surface area contributed by atoms with Gasteiger partial charge in [0, 0.05) is 32.4 Å². The Morgan fingerprint density at radius 3 is 1.13 bits per heavy atom. The number of unbranched alkanes of at least 4 members (excludes halogenated alkanes) is 25. The highest BCUT2D eigenvalue weighted by atomic mass is 16.5. The Kier molecular flexibility index (Phi) is 52.7. The molecule has 0 saturated heterocycles. The van der Waals surface area contributed by atoms with E-state index in [1.165, 1.54) is 173 Å². The van der Waals surface area contributed by atoms with Crippen LogP contribution in [0.5, 0.6) is 0 Å². The molecule has 0 aliphatic heterocycles. The molecule has 1 amide bonds. The number of hydrogen-bond acceptors (Lipinski definition) is 8. The van der Waals surface area contributed by atoms with E-state index in [1.807, 2.05) is 4.90 Å². The summed E-state index contributed by atoms with van der Waals surface area (Å²) in [6, 6.07) is 0. The van der Waals surface area contributed by atoms with Crippen LogP contribution in [0, 0.1) is 11.8 Å². The predicted molar refractivity (Wildman–Crippen MR) is 293 cm³/mol. The average Bonchev–Trinajstić information content (AvgIpc) is 3.35. The maximum atomic E-state index is 13.3. The maximum Gasteiger partial charge on any atom is 0.305 e. The van der Waals surface area contributed by atoms with Crippen LogP contribution >= 0.6 is 0 Å². The summed E-state index contributed by atoms with van der Waals surface area (Å²) >= 11 is 0. The van der Waals surface area contributed by atoms with Crippen LogP contribution in [0.1, 0.15) is 291 Å². The van der Waals surface area contributed by atoms with Gasteiger partial charge in [0.2, 0.25) is 5.91 Å². The molecule has 0 aliphatic carbocycles. The van der Waals surface area contributed by atoms with Crippen LogP contribution in [0.3, 0.4) is 0 Å². The highest BCUT2D eigenvalue weighted by Gasteiger charge is 2.16. The predicted octanol–water partition coefficient (Wildman–Crippen LogP) is 16.1. The highest BCUT2D eigenvalue weighted by Crippen LogP contribution is 2.22. The molecule has 0 bridgehead atoms. The van der Waals surface area contributed by atoms with Crippen LogP contribution in [-0.4, -0.2) is 98.5 Å². The number of rotatable bonds is 56. The van der Waals surface area contributed by atoms with E-state index in [-0.39, 0.29) is 24.5 Å². The molecule has 410 valence electrons. The fourth-order valence-corrected chi connectivity index (χ4v) is 9.61. The number of carbonyl (C=O) groups is 3. The minimum atomic E-state index is -0.0333. The standard InChI is InChI=1S/C60H118N2O7/c1-6-11-16-21-24-30-41-56(39-28-19-14-9-4)54-68-59(65)44-33-26-35-46-61(48-37-38-49-62(50-52-67-53-51-63)58(64)43-32-23-18-13-8-3)47-36-27-34-45-60(66)69-55-57(40-29-20-15-10-5)42-31-25-22-17-12-7-2/h56-57,63H,6-55H2,1-5H3. The number of esters is 2. The first-order valence-corrected chi connectivity index (χ1v) is 30.3. The van der Waals surface area contributed by atoms with Gasteiger partial charge in [-0.15, -0.1) is 0 Å². The molecule has 9 heteroatoms. The van der Waals surface area contributed by atoms with Gasteiger partial charge in [-0.25, -0.2) is 0 Å². The molecular formula is C60H118N2O7. The van der Waals surface area contributed by atoms with Crippen molar-refractivity contribution in [3.63, 3.8) is 0 Å². The Hall–Kier alpha value is -1.71. The van der Waals surface area contributed by atoms with Crippen LogP contribution in [0.4, 0.5) is 0 Å². The molecule has 0 rings (SSSR count). The number of aliphatic hydroxyl groups excluding tert-OH is 1. The van der Waals surface area contributed by atoms with Crippen molar-refractivity contribution in [3.8, 4) is 0 Å². The van der Waals surface area contributed by atoms with Crippen LogP contribution in [0.25, 0.3) is 0 Å². The molecule has 0 aromatic rings. The lowest BCUT2D eigenvalue weighted by atomic mass is 9.95. The lowest BCUT2D eigenvalue weighted by molar-refractivity contribution is -0.146. The third kappa shape index (κ3) is 47.1. The molecular weight excluding hydrogens is 861 g/mol. The molecule has 0 radical (unpaired) electrons. The molecule has 0 heterocycles. The monoisotopic (exact) mass is 979 g/mol. The molecule has 0 fully saturated rings. The van der Waals surface area contributed by atoms with Gasteiger partial charge in [-0.05, 0) is 102 Å². The van der Waals surface area contributed by atoms with E-state index >= 15 is 0 Å². The van der Waals surface area contributed by atoms with Gasteiger partial charge in [-0.2, -0.15) is 0 Å². The minimum Gasteiger partial charge on any atom is -0.465 e. The van der Waals surface area contributed by atoms with Crippen molar-refractivity contribution in [2.24, 2.45) is 11.8 Å². The summed E-state index contributed by atoms with van der Waals surface area (Å²) in [7, 11) is 0. The number of ether oxygens (including phenoxy) is 3. The second-order valence-corrected chi connectivity index (χ2v) is 21.0. The van der Waals surface area contributed by atoms with Crippen molar-refractivity contribution in [1.29, 1.82) is 0 Å². The summed E-state index contributed by atoms with van der Waals surface area (Å²) in [5.41, 5.74) is 0. The zero-order chi connectivity index (χ0) is 50.5. The molecule has 2 unspecified atom stereocenters. The van der Waals surface area contributed by atoms with Gasteiger partial charge in [-0.1, -0.05) is 202 Å². The van der Waals surface area contributed by atoms with Gasteiger partial charge < -0.3 is 29.1 Å². The van der Waals surface area contributed by atoms with E-state index in [0.717, 1.165) is 90.4 Å². The minimum absolute atomic E-state index is 0.00650. The van der Waals surface area contributed by atoms with Gasteiger partial charge in [0.25, 0.3) is 0 Å². The van der Waals surface area contributed by atoms with Crippen molar-refractivity contribution >= 4 is 17.8 Å². The summed E-state index contributed by atoms with van der Waals surface area (Å²) in [5.74, 6) is 1.14. The SMILES string of the molecule is CCCCCCCCC(CCCCCC)COC(=O)CCCCCN(CCCCCC(=O)OCC(CCCCCC)CCCCCCCC)CCCCN(CCOCCO)C(=O)CCCCCCC. The van der Waals surface area contributed by atoms with Crippen molar-refractivity contribution in [3.05, 3.63) is 0 Å². The van der Waals surface area contributed by atoms with E-state index < -0.39 is 0 Å². The van der Waals surface area contributed by atoms with E-state index in [1.54, 1.807) is 0 Å². The largest absolute Gasteiger partial charge is 0.465 e. The second-order valence-electron chi connectivity index (χ2n) is 21.0. The molecule has 69 heavy (non-hydrogen) atoms. The maximum absolute atomic E-state index is 13.3. The Morgan fingerprint density at radius 1 is 0.377 bits per heavy atom. The molecule has 0 aromatic carbocycles. The first-order valence-electron chi connectivity index (χ1n) is 30.3. The van der Waals surface area contributed by atoms with Gasteiger partial charge in [0.1, 0.15) is 0 Å². The first-order chi connectivity index (χ1) is 33.8. The molecule has 2 atom stereocenters. The van der Waals surface area contributed by atoms with Gasteiger partial charge >= 0.3 is 11.9 Å². The highest BCUT2D eigenvalue weighted by molar-refractivity contribution is 5.76. The van der Waals surface area contributed by atoms with Crippen molar-refractivity contribution in [2.75, 3.05) is 65.8 Å². The molecule has 0 aliphatic rings. The second kappa shape index (κ2) is 54.1. The fraction of sp³-hybridized carbons (Fsp3) is 0.950. The van der Waals surface area contributed by atoms with E-state index in [0.29, 0.717) is 64.1 Å². The summed E-state index contributed by atoms with van der Waals surface area (Å²) < 4.78 is 17.4. The molecule has 0 spiro atoms. The summed E-state index contributed by atoms with van der Waals surface area (Å²) in [4.78, 5) is 43.6. The molecule has 9 nitrogen and oxygen atoms in total. The van der Waals surface area contributed by atoms with Gasteiger partial charge in [0.05, 0.1) is 33.0 Å². The Labute approximate surface area is 428 Å². The van der Waals surface area contributed by atoms with Gasteiger partial charge in [0.15, 0.2) is 0 Å². The van der Waals surface area contributed by atoms with Crippen LogP contribution in [0.2, 0.25) is 0 Å². The summed E-state index contributed by atoms with van der Waals surface area (Å²) in [5, 5.41) is 9.18. The normalized spacial score (nSPS) is 12.4. The number of hydrogen-bond donors (Lipinski definition) is 1. The quantitative estimate of drug-likeness (QED) is 0.0475. The van der Waals surface area contributed by atoms with Crippen molar-refractivity contribution < 1.29 is 33.7 Å². The number of carbonyl (C=O) groups excluding carboxylic acids is 3. The van der Waals surface area contributed by atoms with E-state index in [4.69, 9.17) is 14.2 Å². The molecule has 0 aromatic heterocycles. The molecule has 0 saturated carbocycles. The summed E-state index contributed by atoms with van der Waals surface area (Å²) in [6.45, 7) is 17.4. The van der Waals surface area contributed by atoms with Crippen LogP contribution in [-0.2, 0) is 28.6 Å². The van der Waals surface area contributed by atoms with Crippen molar-refractivity contribution in [2.45, 2.75) is 291 Å². The molecule has 1 N–H and O–H groups in total. The lowest BCUT2D eigenvalue weighted by Gasteiger charge is -2.25. The summed E-state index contributed by atoms with van der Waals surface area (Å²) in [6.07, 6.45) is 45.4. The Morgan fingerprint density at radius 2 is 0.710 bits per heavy atom. The average molecular weight is 980 g/mol. The van der Waals surface area contributed by atoms with E-state index in [9.17, 15) is 19.5 Å². The third-order valence-electron chi connectivity index (χ3n) is 14.3. The van der Waals surface area contributed by atoms with Crippen LogP contribution in [0.15, 0.2) is 0 Å². The topological polar surface area (TPSA) is 106 Å². The number of amides is 1. The number of aliphatic hydroxyl groups is 1. The first kappa shape index (κ1) is 67.3. The van der Waals surface area contributed by atoms with E-state index in [2.05, 4.69) is 39.5 Å². The Bertz CT molecular complexity index is 1030. The Balaban J connectivity index is 5.17. The van der Waals surface area contributed by atoms with Gasteiger partial charge in [-0.3, -0.25) is 14.4 Å². The smallest absolute Gasteiger partial charge is 0.305 e. The van der Waals surface area contributed by atoms with Crippen molar-refractivity contribution in [1.82, 2.24) is 9.80 Å².